The zero-order valence-electron chi connectivity index (χ0n) is 23.4. The zero-order chi connectivity index (χ0) is 29.5. The molecule has 0 radical (unpaired) electrons. The van der Waals surface area contributed by atoms with Crippen LogP contribution < -0.4 is 5.32 Å². The Morgan fingerprint density at radius 2 is 1.83 bits per heavy atom. The van der Waals surface area contributed by atoms with E-state index in [2.05, 4.69) is 21.2 Å². The number of likely N-dealkylation sites (tertiary alicyclic amines) is 1. The van der Waals surface area contributed by atoms with Crippen molar-refractivity contribution in [1.82, 2.24) is 15.1 Å². The number of fused-ring (bicyclic) bond motifs is 2. The van der Waals surface area contributed by atoms with E-state index >= 15 is 0 Å². The Hall–Kier alpha value is -3.02. The maximum absolute atomic E-state index is 14.3. The summed E-state index contributed by atoms with van der Waals surface area (Å²) in [5.41, 5.74) is -0.642. The van der Waals surface area contributed by atoms with E-state index in [0.717, 1.165) is 5.56 Å². The summed E-state index contributed by atoms with van der Waals surface area (Å²) in [7, 11) is 0. The van der Waals surface area contributed by atoms with E-state index in [-0.39, 0.29) is 38.1 Å². The number of allylic oxidation sites excluding steroid dienone is 1. The lowest BCUT2D eigenvalue weighted by Crippen LogP contribution is -2.59. The van der Waals surface area contributed by atoms with E-state index < -0.39 is 59.5 Å². The van der Waals surface area contributed by atoms with Gasteiger partial charge in [0, 0.05) is 23.5 Å². The van der Waals surface area contributed by atoms with Crippen LogP contribution >= 0.6 is 15.9 Å². The van der Waals surface area contributed by atoms with Gasteiger partial charge in [0.25, 0.3) is 0 Å². The van der Waals surface area contributed by atoms with Gasteiger partial charge in [-0.3, -0.25) is 19.2 Å². The second-order valence-corrected chi connectivity index (χ2v) is 12.3. The molecule has 3 amide bonds. The number of aliphatic hydroxyl groups excluding tert-OH is 1. The molecule has 2 saturated heterocycles. The van der Waals surface area contributed by atoms with Gasteiger partial charge in [-0.1, -0.05) is 58.4 Å². The van der Waals surface area contributed by atoms with Gasteiger partial charge in [-0.15, -0.1) is 0 Å². The van der Waals surface area contributed by atoms with Crippen LogP contribution in [0.15, 0.2) is 53.0 Å². The number of hydrogen-bond donors (Lipinski definition) is 2. The SMILES string of the molecule is CC(C)N1C/C=C\CCC(=O)OC[C@@H](c2ccccc2)NC(=O)[C@@H]2[C@H]3O[C@@]4(C=C3Br)[C@H](C1=O)N([C@H](C)CO)C(=O)[C@@H]24. The second-order valence-electron chi connectivity index (χ2n) is 11.4. The van der Waals surface area contributed by atoms with Gasteiger partial charge >= 0.3 is 5.97 Å². The average molecular weight is 631 g/mol. The van der Waals surface area contributed by atoms with Gasteiger partial charge in [-0.05, 0) is 38.8 Å². The van der Waals surface area contributed by atoms with Crippen LogP contribution in [-0.4, -0.2) is 88.2 Å². The third-order valence-electron chi connectivity index (χ3n) is 8.46. The van der Waals surface area contributed by atoms with Crippen molar-refractivity contribution in [3.63, 3.8) is 0 Å². The molecule has 7 atom stereocenters. The summed E-state index contributed by atoms with van der Waals surface area (Å²) in [5, 5.41) is 13.1. The maximum Gasteiger partial charge on any atom is 0.306 e. The lowest BCUT2D eigenvalue weighted by molar-refractivity contribution is -0.151. The number of carbonyl (C=O) groups excluding carboxylic acids is 4. The summed E-state index contributed by atoms with van der Waals surface area (Å²) in [6, 6.07) is 6.55. The molecule has 1 spiro atoms. The molecule has 4 heterocycles. The fourth-order valence-electron chi connectivity index (χ4n) is 6.44. The van der Waals surface area contributed by atoms with E-state index in [9.17, 15) is 24.3 Å². The number of cyclic esters (lactones) is 1. The van der Waals surface area contributed by atoms with Gasteiger partial charge in [0.05, 0.1) is 30.5 Å². The molecule has 1 aromatic rings. The molecule has 10 nitrogen and oxygen atoms in total. The number of esters is 1. The summed E-state index contributed by atoms with van der Waals surface area (Å²) in [6.07, 6.45) is 5.23. The first-order valence-corrected chi connectivity index (χ1v) is 14.9. The topological polar surface area (TPSA) is 125 Å². The molecule has 2 fully saturated rings. The van der Waals surface area contributed by atoms with Gasteiger partial charge < -0.3 is 29.7 Å². The largest absolute Gasteiger partial charge is 0.463 e. The summed E-state index contributed by atoms with van der Waals surface area (Å²) in [6.45, 7) is 5.28. The van der Waals surface area contributed by atoms with Crippen LogP contribution in [0.5, 0.6) is 0 Å². The number of benzene rings is 1. The van der Waals surface area contributed by atoms with Crippen molar-refractivity contribution in [2.75, 3.05) is 19.8 Å². The first-order valence-electron chi connectivity index (χ1n) is 14.1. The number of aliphatic hydroxyl groups is 1. The average Bonchev–Trinajstić information content (AvgIpc) is 3.55. The Bertz CT molecular complexity index is 1270. The third-order valence-corrected chi connectivity index (χ3v) is 9.14. The minimum absolute atomic E-state index is 0.0762. The highest BCUT2D eigenvalue weighted by Crippen LogP contribution is 2.59. The van der Waals surface area contributed by atoms with Gasteiger partial charge in [0.2, 0.25) is 17.7 Å². The highest BCUT2D eigenvalue weighted by Gasteiger charge is 2.75. The van der Waals surface area contributed by atoms with Crippen molar-refractivity contribution in [2.45, 2.75) is 69.5 Å². The molecule has 220 valence electrons. The van der Waals surface area contributed by atoms with Gasteiger partial charge in [0.1, 0.15) is 24.4 Å². The molecule has 11 heteroatoms. The number of nitrogens with one attached hydrogen (secondary N) is 1. The van der Waals surface area contributed by atoms with E-state index in [0.29, 0.717) is 10.9 Å². The molecule has 5 bridgehead atoms. The summed E-state index contributed by atoms with van der Waals surface area (Å²) >= 11 is 3.55. The van der Waals surface area contributed by atoms with Crippen molar-refractivity contribution in [3.05, 3.63) is 58.6 Å². The number of hydrogen-bond acceptors (Lipinski definition) is 7. The fraction of sp³-hybridized carbons (Fsp3) is 0.533. The molecular formula is C30H36BrN3O7. The monoisotopic (exact) mass is 629 g/mol. The standard InChI is InChI=1S/C30H36BrN3O7/c1-17(2)33-13-9-5-8-12-22(36)40-16-21(19-10-6-4-7-11-19)32-27(37)23-24-28(38)34(18(3)15-35)26(29(33)39)30(24)14-20(31)25(23)41-30/h4-7,9-11,14,17-18,21,23-26,35H,8,12-13,15-16H2,1-3H3,(H,32,37)/b9-5-/t18-,21+,23+,24-,25+,26+,30-/m1/s1. The molecule has 1 aromatic carbocycles. The lowest BCUT2D eigenvalue weighted by atomic mass is 9.74. The number of ether oxygens (including phenoxy) is 2. The van der Waals surface area contributed by atoms with Crippen LogP contribution in [0, 0.1) is 11.8 Å². The van der Waals surface area contributed by atoms with Crippen molar-refractivity contribution >= 4 is 39.6 Å². The lowest BCUT2D eigenvalue weighted by Gasteiger charge is -2.39. The quantitative estimate of drug-likeness (QED) is 0.386. The molecule has 4 aliphatic rings. The normalized spacial score (nSPS) is 33.9. The molecular weight excluding hydrogens is 594 g/mol. The third kappa shape index (κ3) is 5.12. The number of rotatable bonds is 4. The molecule has 0 unspecified atom stereocenters. The maximum atomic E-state index is 14.3. The van der Waals surface area contributed by atoms with Gasteiger partial charge in [-0.2, -0.15) is 0 Å². The molecule has 0 aliphatic carbocycles. The first kappa shape index (κ1) is 29.5. The number of amides is 3. The highest BCUT2D eigenvalue weighted by molar-refractivity contribution is 9.11. The Morgan fingerprint density at radius 3 is 2.51 bits per heavy atom. The van der Waals surface area contributed by atoms with Crippen LogP contribution in [0.3, 0.4) is 0 Å². The van der Waals surface area contributed by atoms with Crippen LogP contribution in [-0.2, 0) is 28.7 Å². The van der Waals surface area contributed by atoms with Crippen molar-refractivity contribution in [2.24, 2.45) is 11.8 Å². The Balaban J connectivity index is 1.60. The van der Waals surface area contributed by atoms with Crippen molar-refractivity contribution in [1.29, 1.82) is 0 Å². The molecule has 0 aromatic heterocycles. The summed E-state index contributed by atoms with van der Waals surface area (Å²) in [4.78, 5) is 58.1. The molecule has 41 heavy (non-hydrogen) atoms. The summed E-state index contributed by atoms with van der Waals surface area (Å²) in [5.74, 6) is -3.51. The number of carbonyl (C=O) groups is 4. The van der Waals surface area contributed by atoms with E-state index in [1.807, 2.05) is 56.3 Å². The van der Waals surface area contributed by atoms with E-state index in [1.54, 1.807) is 17.9 Å². The Labute approximate surface area is 247 Å². The number of nitrogens with zero attached hydrogens (tertiary/aromatic N) is 2. The van der Waals surface area contributed by atoms with Crippen molar-refractivity contribution < 1.29 is 33.8 Å². The van der Waals surface area contributed by atoms with Crippen LogP contribution in [0.2, 0.25) is 0 Å². The smallest absolute Gasteiger partial charge is 0.306 e. The van der Waals surface area contributed by atoms with Gasteiger partial charge in [0.15, 0.2) is 0 Å². The molecule has 4 aliphatic heterocycles. The minimum atomic E-state index is -1.39. The fourth-order valence-corrected chi connectivity index (χ4v) is 7.18. The van der Waals surface area contributed by atoms with Crippen LogP contribution in [0.1, 0.15) is 45.2 Å². The molecule has 2 N–H and O–H groups in total. The predicted molar refractivity (Wildman–Crippen MR) is 152 cm³/mol. The molecule has 5 rings (SSSR count). The predicted octanol–water partition coefficient (Wildman–Crippen LogP) is 2.23. The Kier molecular flexibility index (Phi) is 8.41. The van der Waals surface area contributed by atoms with Crippen LogP contribution in [0.4, 0.5) is 0 Å². The van der Waals surface area contributed by atoms with Gasteiger partial charge in [-0.25, -0.2) is 0 Å². The first-order chi connectivity index (χ1) is 19.6. The van der Waals surface area contributed by atoms with E-state index in [1.165, 1.54) is 4.90 Å². The highest BCUT2D eigenvalue weighted by atomic mass is 79.9. The molecule has 0 saturated carbocycles. The van der Waals surface area contributed by atoms with Crippen LogP contribution in [0.25, 0.3) is 0 Å². The minimum Gasteiger partial charge on any atom is -0.463 e. The Morgan fingerprint density at radius 1 is 1.10 bits per heavy atom. The zero-order valence-corrected chi connectivity index (χ0v) is 25.0. The van der Waals surface area contributed by atoms with Crippen molar-refractivity contribution in [3.8, 4) is 0 Å². The second kappa shape index (κ2) is 11.7. The summed E-state index contributed by atoms with van der Waals surface area (Å²) < 4.78 is 12.6. The van der Waals surface area contributed by atoms with E-state index in [4.69, 9.17) is 9.47 Å². The number of halogens is 1.